The highest BCUT2D eigenvalue weighted by atomic mass is 16.4. The summed E-state index contributed by atoms with van der Waals surface area (Å²) < 4.78 is 0. The van der Waals surface area contributed by atoms with Crippen molar-refractivity contribution in [1.82, 2.24) is 5.32 Å². The lowest BCUT2D eigenvalue weighted by atomic mass is 10.1. The largest absolute Gasteiger partial charge is 0.480 e. The van der Waals surface area contributed by atoms with Gasteiger partial charge in [0.05, 0.1) is 0 Å². The second-order valence-electron chi connectivity index (χ2n) is 4.43. The quantitative estimate of drug-likeness (QED) is 0.825. The lowest BCUT2D eigenvalue weighted by molar-refractivity contribution is -0.141. The molecule has 0 spiro atoms. The summed E-state index contributed by atoms with van der Waals surface area (Å²) in [6, 6.07) is 9.01. The van der Waals surface area contributed by atoms with Crippen molar-refractivity contribution in [2.24, 2.45) is 5.92 Å². The van der Waals surface area contributed by atoms with Gasteiger partial charge >= 0.3 is 5.97 Å². The van der Waals surface area contributed by atoms with E-state index in [-0.39, 0.29) is 17.7 Å². The predicted molar refractivity (Wildman–Crippen MR) is 62.5 cm³/mol. The molecule has 0 heterocycles. The van der Waals surface area contributed by atoms with E-state index in [0.717, 1.165) is 12.0 Å². The minimum absolute atomic E-state index is 0.0702. The molecule has 0 bridgehead atoms. The average molecular weight is 233 g/mol. The molecule has 0 saturated heterocycles. The number of benzene rings is 1. The van der Waals surface area contributed by atoms with Crippen LogP contribution >= 0.6 is 0 Å². The van der Waals surface area contributed by atoms with E-state index in [2.05, 4.69) is 5.32 Å². The van der Waals surface area contributed by atoms with E-state index in [1.165, 1.54) is 6.92 Å². The van der Waals surface area contributed by atoms with E-state index in [9.17, 15) is 9.59 Å². The highest BCUT2D eigenvalue weighted by Gasteiger charge is 2.44. The first-order valence-corrected chi connectivity index (χ1v) is 5.67. The molecule has 90 valence electrons. The molecular formula is C13H15NO3. The molecule has 17 heavy (non-hydrogen) atoms. The fourth-order valence-electron chi connectivity index (χ4n) is 1.94. The summed E-state index contributed by atoms with van der Waals surface area (Å²) in [6.07, 6.45) is 0.808. The zero-order chi connectivity index (χ0) is 12.4. The fraction of sp³-hybridized carbons (Fsp3) is 0.385. The molecule has 1 saturated carbocycles. The van der Waals surface area contributed by atoms with E-state index in [4.69, 9.17) is 5.11 Å². The minimum atomic E-state index is -1.00. The van der Waals surface area contributed by atoms with Crippen LogP contribution in [-0.4, -0.2) is 23.0 Å². The number of carboxylic acid groups (broad SMARTS) is 1. The van der Waals surface area contributed by atoms with Crippen molar-refractivity contribution in [2.45, 2.75) is 25.3 Å². The summed E-state index contributed by atoms with van der Waals surface area (Å²) in [6.45, 7) is 1.47. The first-order chi connectivity index (χ1) is 8.09. The maximum absolute atomic E-state index is 11.7. The molecule has 0 radical (unpaired) electrons. The maximum atomic E-state index is 11.7. The van der Waals surface area contributed by atoms with E-state index in [1.54, 1.807) is 0 Å². The number of aliphatic carboxylic acids is 1. The zero-order valence-electron chi connectivity index (χ0n) is 9.59. The number of hydrogen-bond donors (Lipinski definition) is 2. The van der Waals surface area contributed by atoms with Gasteiger partial charge in [0.2, 0.25) is 5.91 Å². The van der Waals surface area contributed by atoms with E-state index >= 15 is 0 Å². The number of carbonyl (C=O) groups excluding carboxylic acids is 1. The Morgan fingerprint density at radius 2 is 2.00 bits per heavy atom. The number of carbonyl (C=O) groups is 2. The third-order valence-electron chi connectivity index (χ3n) is 3.08. The van der Waals surface area contributed by atoms with Gasteiger partial charge in [0.15, 0.2) is 0 Å². The van der Waals surface area contributed by atoms with Crippen molar-refractivity contribution in [1.29, 1.82) is 0 Å². The van der Waals surface area contributed by atoms with Crippen LogP contribution in [-0.2, 0) is 9.59 Å². The number of amides is 1. The summed E-state index contributed by atoms with van der Waals surface area (Å²) in [7, 11) is 0. The normalized spacial score (nSPS) is 23.8. The van der Waals surface area contributed by atoms with Gasteiger partial charge < -0.3 is 10.4 Å². The van der Waals surface area contributed by atoms with Crippen molar-refractivity contribution in [3.8, 4) is 0 Å². The molecule has 1 fully saturated rings. The average Bonchev–Trinajstić information content (AvgIpc) is 3.10. The summed E-state index contributed by atoms with van der Waals surface area (Å²) in [5, 5.41) is 11.2. The van der Waals surface area contributed by atoms with Gasteiger partial charge in [-0.2, -0.15) is 0 Å². The molecule has 1 aliphatic carbocycles. The van der Waals surface area contributed by atoms with E-state index in [0.29, 0.717) is 0 Å². The summed E-state index contributed by atoms with van der Waals surface area (Å²) in [5.41, 5.74) is 1.15. The van der Waals surface area contributed by atoms with Crippen molar-refractivity contribution in [2.75, 3.05) is 0 Å². The van der Waals surface area contributed by atoms with Gasteiger partial charge in [-0.3, -0.25) is 9.59 Å². The fourth-order valence-corrected chi connectivity index (χ4v) is 1.94. The number of nitrogens with one attached hydrogen (secondary N) is 1. The molecule has 2 rings (SSSR count). The Kier molecular flexibility index (Phi) is 3.13. The molecule has 1 aromatic rings. The summed E-state index contributed by atoms with van der Waals surface area (Å²) in [5.74, 6) is -0.986. The SMILES string of the molecule is CC(NC(=O)C1CC1c1ccccc1)C(=O)O. The molecule has 4 heteroatoms. The van der Waals surface area contributed by atoms with E-state index < -0.39 is 12.0 Å². The zero-order valence-corrected chi connectivity index (χ0v) is 9.59. The number of carboxylic acids is 1. The van der Waals surface area contributed by atoms with Gasteiger partial charge in [-0.25, -0.2) is 0 Å². The van der Waals surface area contributed by atoms with Crippen molar-refractivity contribution < 1.29 is 14.7 Å². The Morgan fingerprint density at radius 1 is 1.35 bits per heavy atom. The van der Waals surface area contributed by atoms with Crippen LogP contribution in [0.1, 0.15) is 24.8 Å². The first kappa shape index (κ1) is 11.6. The Labute approximate surface area is 99.6 Å². The molecule has 3 atom stereocenters. The van der Waals surface area contributed by atoms with Crippen LogP contribution in [0.4, 0.5) is 0 Å². The van der Waals surface area contributed by atoms with Crippen LogP contribution in [0.3, 0.4) is 0 Å². The Morgan fingerprint density at radius 3 is 2.59 bits per heavy atom. The van der Waals surface area contributed by atoms with Gasteiger partial charge in [-0.05, 0) is 24.8 Å². The second-order valence-corrected chi connectivity index (χ2v) is 4.43. The summed E-state index contributed by atoms with van der Waals surface area (Å²) >= 11 is 0. The Hall–Kier alpha value is -1.84. The van der Waals surface area contributed by atoms with Crippen LogP contribution in [0, 0.1) is 5.92 Å². The van der Waals surface area contributed by atoms with Gasteiger partial charge in [-0.15, -0.1) is 0 Å². The van der Waals surface area contributed by atoms with Crippen molar-refractivity contribution in [3.05, 3.63) is 35.9 Å². The van der Waals surface area contributed by atoms with E-state index in [1.807, 2.05) is 30.3 Å². The molecule has 1 aliphatic rings. The highest BCUT2D eigenvalue weighted by Crippen LogP contribution is 2.47. The van der Waals surface area contributed by atoms with Crippen LogP contribution in [0.2, 0.25) is 0 Å². The standard InChI is InChI=1S/C13H15NO3/c1-8(13(16)17)14-12(15)11-7-10(11)9-5-3-2-4-6-9/h2-6,8,10-11H,7H2,1H3,(H,14,15)(H,16,17). The van der Waals surface area contributed by atoms with Gasteiger partial charge in [0.25, 0.3) is 0 Å². The smallest absolute Gasteiger partial charge is 0.325 e. The third kappa shape index (κ3) is 2.64. The van der Waals surface area contributed by atoms with Gasteiger partial charge in [-0.1, -0.05) is 30.3 Å². The monoisotopic (exact) mass is 233 g/mol. The Bertz CT molecular complexity index is 430. The lowest BCUT2D eigenvalue weighted by Gasteiger charge is -2.08. The molecule has 0 aromatic heterocycles. The van der Waals surface area contributed by atoms with Gasteiger partial charge in [0.1, 0.15) is 6.04 Å². The second kappa shape index (κ2) is 4.57. The molecular weight excluding hydrogens is 218 g/mol. The lowest BCUT2D eigenvalue weighted by Crippen LogP contribution is -2.39. The van der Waals surface area contributed by atoms with Crippen LogP contribution in [0.15, 0.2) is 30.3 Å². The van der Waals surface area contributed by atoms with Crippen molar-refractivity contribution in [3.63, 3.8) is 0 Å². The molecule has 1 amide bonds. The molecule has 0 aliphatic heterocycles. The highest BCUT2D eigenvalue weighted by molar-refractivity contribution is 5.87. The minimum Gasteiger partial charge on any atom is -0.480 e. The predicted octanol–water partition coefficient (Wildman–Crippen LogP) is 1.38. The first-order valence-electron chi connectivity index (χ1n) is 5.67. The molecule has 3 unspecified atom stereocenters. The van der Waals surface area contributed by atoms with Crippen molar-refractivity contribution >= 4 is 11.9 Å². The number of rotatable bonds is 4. The molecule has 1 aromatic carbocycles. The number of hydrogen-bond acceptors (Lipinski definition) is 2. The molecule has 4 nitrogen and oxygen atoms in total. The Balaban J connectivity index is 1.91. The topological polar surface area (TPSA) is 66.4 Å². The van der Waals surface area contributed by atoms with Gasteiger partial charge in [0, 0.05) is 5.92 Å². The van der Waals surface area contributed by atoms with Crippen LogP contribution < -0.4 is 5.32 Å². The maximum Gasteiger partial charge on any atom is 0.325 e. The third-order valence-corrected chi connectivity index (χ3v) is 3.08. The van der Waals surface area contributed by atoms with Crippen LogP contribution in [0.5, 0.6) is 0 Å². The summed E-state index contributed by atoms with van der Waals surface area (Å²) in [4.78, 5) is 22.3. The van der Waals surface area contributed by atoms with Crippen LogP contribution in [0.25, 0.3) is 0 Å². The molecule has 2 N–H and O–H groups in total.